The van der Waals surface area contributed by atoms with Gasteiger partial charge in [0.1, 0.15) is 11.9 Å². The molecule has 0 radical (unpaired) electrons. The van der Waals surface area contributed by atoms with Crippen LogP contribution in [0.3, 0.4) is 0 Å². The fourth-order valence-corrected chi connectivity index (χ4v) is 5.13. The zero-order chi connectivity index (χ0) is 25.5. The number of likely N-dealkylation sites (tertiary alicyclic amines) is 1. The molecule has 2 saturated heterocycles. The molecular weight excluding hydrogens is 470 g/mol. The van der Waals surface area contributed by atoms with Gasteiger partial charge in [0.2, 0.25) is 0 Å². The summed E-state index contributed by atoms with van der Waals surface area (Å²) < 4.78 is 3.49. The second kappa shape index (κ2) is 9.22. The maximum absolute atomic E-state index is 12.7. The number of aromatic nitrogens is 5. The van der Waals surface area contributed by atoms with E-state index < -0.39 is 6.10 Å². The molecule has 0 unspecified atom stereocenters. The summed E-state index contributed by atoms with van der Waals surface area (Å²) in [4.78, 5) is 23.2. The van der Waals surface area contributed by atoms with E-state index >= 15 is 0 Å². The second-order valence-electron chi connectivity index (χ2n) is 9.56. The van der Waals surface area contributed by atoms with Crippen LogP contribution in [0.2, 0.25) is 0 Å². The van der Waals surface area contributed by atoms with Gasteiger partial charge in [0.05, 0.1) is 29.6 Å². The Hall–Kier alpha value is -4.43. The second-order valence-corrected chi connectivity index (χ2v) is 9.56. The molecule has 0 spiro atoms. The van der Waals surface area contributed by atoms with Gasteiger partial charge in [-0.1, -0.05) is 0 Å². The van der Waals surface area contributed by atoms with Crippen molar-refractivity contribution in [3.63, 3.8) is 0 Å². The molecule has 2 aliphatic rings. The molecule has 188 valence electrons. The minimum Gasteiger partial charge on any atom is -0.391 e. The Balaban J connectivity index is 1.23. The lowest BCUT2D eigenvalue weighted by Gasteiger charge is -2.37. The van der Waals surface area contributed by atoms with Crippen LogP contribution < -0.4 is 4.90 Å². The van der Waals surface area contributed by atoms with Gasteiger partial charge in [-0.25, -0.2) is 14.3 Å². The predicted octanol–water partition coefficient (Wildman–Crippen LogP) is 1.98. The maximum atomic E-state index is 12.7. The number of amides is 2. The monoisotopic (exact) mass is 497 g/mol. The summed E-state index contributed by atoms with van der Waals surface area (Å²) in [7, 11) is 1.87. The maximum Gasteiger partial charge on any atom is 0.320 e. The number of nitrogens with zero attached hydrogens (tertiary/aromatic N) is 9. The lowest BCUT2D eigenvalue weighted by atomic mass is 10.0. The Bertz CT molecular complexity index is 1490. The van der Waals surface area contributed by atoms with Gasteiger partial charge in [0, 0.05) is 87.2 Å². The lowest BCUT2D eigenvalue weighted by molar-refractivity contribution is 0.144. The largest absolute Gasteiger partial charge is 0.391 e. The fourth-order valence-electron chi connectivity index (χ4n) is 5.13. The molecule has 1 N–H and O–H groups in total. The highest BCUT2D eigenvalue weighted by molar-refractivity contribution is 5.87. The van der Waals surface area contributed by atoms with Gasteiger partial charge < -0.3 is 19.8 Å². The van der Waals surface area contributed by atoms with Crippen LogP contribution in [0.25, 0.3) is 27.8 Å². The van der Waals surface area contributed by atoms with Gasteiger partial charge in [-0.2, -0.15) is 15.5 Å². The molecule has 11 nitrogen and oxygen atoms in total. The van der Waals surface area contributed by atoms with Crippen LogP contribution in [0.15, 0.2) is 49.2 Å². The summed E-state index contributed by atoms with van der Waals surface area (Å²) in [5, 5.41) is 28.1. The molecule has 0 aromatic carbocycles. The highest BCUT2D eigenvalue weighted by atomic mass is 16.3. The summed E-state index contributed by atoms with van der Waals surface area (Å²) >= 11 is 0. The third-order valence-electron chi connectivity index (χ3n) is 7.14. The first-order valence-corrected chi connectivity index (χ1v) is 12.3. The van der Waals surface area contributed by atoms with Gasteiger partial charge in [-0.15, -0.1) is 0 Å². The van der Waals surface area contributed by atoms with Gasteiger partial charge in [-0.3, -0.25) is 4.68 Å². The third-order valence-corrected chi connectivity index (χ3v) is 7.14. The van der Waals surface area contributed by atoms with Crippen molar-refractivity contribution >= 4 is 17.4 Å². The highest BCUT2D eigenvalue weighted by Crippen LogP contribution is 2.32. The van der Waals surface area contributed by atoms with E-state index in [9.17, 15) is 15.2 Å². The van der Waals surface area contributed by atoms with Crippen molar-refractivity contribution in [3.8, 4) is 28.3 Å². The van der Waals surface area contributed by atoms with Crippen LogP contribution in [0, 0.1) is 11.3 Å². The fraction of sp³-hybridized carbons (Fsp3) is 0.346. The van der Waals surface area contributed by atoms with E-state index in [0.29, 0.717) is 51.3 Å². The van der Waals surface area contributed by atoms with Crippen molar-refractivity contribution in [3.05, 3.63) is 54.7 Å². The molecule has 37 heavy (non-hydrogen) atoms. The van der Waals surface area contributed by atoms with E-state index in [2.05, 4.69) is 21.2 Å². The number of pyridine rings is 2. The normalized spacial score (nSPS) is 18.0. The summed E-state index contributed by atoms with van der Waals surface area (Å²) in [5.41, 5.74) is 4.90. The molecule has 0 saturated carbocycles. The number of aryl methyl sites for hydroxylation is 1. The minimum atomic E-state index is -0.411. The molecule has 4 aromatic rings. The number of hydrogen-bond acceptors (Lipinski definition) is 7. The smallest absolute Gasteiger partial charge is 0.320 e. The molecular formula is C26H27N9O2. The number of aliphatic hydroxyl groups excluding tert-OH is 1. The van der Waals surface area contributed by atoms with Crippen molar-refractivity contribution < 1.29 is 9.90 Å². The number of nitriles is 1. The van der Waals surface area contributed by atoms with Crippen LogP contribution in [-0.2, 0) is 7.05 Å². The van der Waals surface area contributed by atoms with Crippen LogP contribution >= 0.6 is 0 Å². The Kier molecular flexibility index (Phi) is 5.73. The van der Waals surface area contributed by atoms with E-state index in [1.54, 1.807) is 26.5 Å². The molecule has 2 aliphatic heterocycles. The number of anilines is 1. The standard InChI is InChI=1S/C26H27N9O2/c1-31-15-21(14-29-31)19-10-23(25-20(11-27)13-30-35(25)16-19)18-2-3-24(28-12-18)32-6-8-33(9-7-32)26(37)34-5-4-22(36)17-34/h2-3,10,12-16,22,36H,4-9,17H2,1H3/t22-/m0/s1. The number of carbonyl (C=O) groups is 1. The Morgan fingerprint density at radius 3 is 2.49 bits per heavy atom. The van der Waals surface area contributed by atoms with Gasteiger partial charge in [-0.05, 0) is 24.6 Å². The molecule has 6 rings (SSSR count). The summed E-state index contributed by atoms with van der Waals surface area (Å²) in [5.74, 6) is 0.848. The quantitative estimate of drug-likeness (QED) is 0.460. The number of fused-ring (bicyclic) bond motifs is 1. The average Bonchev–Trinajstić information content (AvgIpc) is 3.67. The Morgan fingerprint density at radius 2 is 1.84 bits per heavy atom. The van der Waals surface area contributed by atoms with E-state index in [0.717, 1.165) is 33.6 Å². The number of aliphatic hydroxyl groups is 1. The van der Waals surface area contributed by atoms with E-state index in [1.165, 1.54) is 0 Å². The molecule has 0 bridgehead atoms. The van der Waals surface area contributed by atoms with Crippen molar-refractivity contribution in [2.45, 2.75) is 12.5 Å². The van der Waals surface area contributed by atoms with E-state index in [1.807, 2.05) is 48.7 Å². The van der Waals surface area contributed by atoms with Crippen molar-refractivity contribution in [2.75, 3.05) is 44.2 Å². The summed E-state index contributed by atoms with van der Waals surface area (Å²) in [6, 6.07) is 8.30. The van der Waals surface area contributed by atoms with Gasteiger partial charge in [0.25, 0.3) is 0 Å². The zero-order valence-electron chi connectivity index (χ0n) is 20.5. The Labute approximate surface area is 213 Å². The third kappa shape index (κ3) is 4.25. The molecule has 4 aromatic heterocycles. The average molecular weight is 498 g/mol. The number of hydrogen-bond donors (Lipinski definition) is 1. The van der Waals surface area contributed by atoms with Crippen LogP contribution in [0.4, 0.5) is 10.6 Å². The van der Waals surface area contributed by atoms with Gasteiger partial charge >= 0.3 is 6.03 Å². The summed E-state index contributed by atoms with van der Waals surface area (Å²) in [6.45, 7) is 3.64. The van der Waals surface area contributed by atoms with E-state index in [-0.39, 0.29) is 6.03 Å². The molecule has 2 amide bonds. The molecule has 11 heteroatoms. The molecule has 1 atom stereocenters. The van der Waals surface area contributed by atoms with Crippen molar-refractivity contribution in [1.82, 2.24) is 34.2 Å². The number of carbonyl (C=O) groups excluding carboxylic acids is 1. The van der Waals surface area contributed by atoms with E-state index in [4.69, 9.17) is 4.98 Å². The molecule has 2 fully saturated rings. The number of rotatable bonds is 3. The van der Waals surface area contributed by atoms with Gasteiger partial charge in [0.15, 0.2) is 0 Å². The first kappa shape index (κ1) is 23.0. The zero-order valence-corrected chi connectivity index (χ0v) is 20.5. The minimum absolute atomic E-state index is 0.00567. The topological polar surface area (TPSA) is 119 Å². The first-order valence-electron chi connectivity index (χ1n) is 12.3. The predicted molar refractivity (Wildman–Crippen MR) is 137 cm³/mol. The molecule has 0 aliphatic carbocycles. The highest BCUT2D eigenvalue weighted by Gasteiger charge is 2.30. The Morgan fingerprint density at radius 1 is 1.00 bits per heavy atom. The number of urea groups is 1. The van der Waals surface area contributed by atoms with Crippen LogP contribution in [-0.4, -0.2) is 90.7 Å². The van der Waals surface area contributed by atoms with Crippen molar-refractivity contribution in [1.29, 1.82) is 5.26 Å². The van der Waals surface area contributed by atoms with Crippen LogP contribution in [0.5, 0.6) is 0 Å². The summed E-state index contributed by atoms with van der Waals surface area (Å²) in [6.07, 6.45) is 9.29. The molecule has 6 heterocycles. The number of β-amino-alcohol motifs (C(OH)–C–C–N with tert-alkyl or cyclic N) is 1. The first-order chi connectivity index (χ1) is 18.0. The van der Waals surface area contributed by atoms with Crippen LogP contribution in [0.1, 0.15) is 12.0 Å². The number of piperazine rings is 1. The van der Waals surface area contributed by atoms with Crippen molar-refractivity contribution in [2.24, 2.45) is 7.05 Å². The SMILES string of the molecule is Cn1cc(-c2cc(-c3ccc(N4CCN(C(=O)N5CC[C@H](O)C5)CC4)nc3)c3c(C#N)cnn3c2)cn1. The lowest BCUT2D eigenvalue weighted by Crippen LogP contribution is -2.52.